The lowest BCUT2D eigenvalue weighted by atomic mass is 9.85. The van der Waals surface area contributed by atoms with Gasteiger partial charge in [0.25, 0.3) is 0 Å². The molecular formula is C23H34ClN3O. The van der Waals surface area contributed by atoms with Crippen LogP contribution in [-0.2, 0) is 4.79 Å². The van der Waals surface area contributed by atoms with Crippen molar-refractivity contribution in [3.05, 3.63) is 30.3 Å². The summed E-state index contributed by atoms with van der Waals surface area (Å²) in [4.78, 5) is 17.9. The van der Waals surface area contributed by atoms with Gasteiger partial charge in [0, 0.05) is 24.8 Å². The van der Waals surface area contributed by atoms with Crippen LogP contribution in [0.15, 0.2) is 30.3 Å². The normalized spacial score (nSPS) is 32.5. The Kier molecular flexibility index (Phi) is 5.89. The number of halogens is 1. The summed E-state index contributed by atoms with van der Waals surface area (Å²) in [5.74, 6) is 2.19. The number of nitrogens with one attached hydrogen (secondary N) is 1. The topological polar surface area (TPSA) is 35.6 Å². The number of carbonyl (C=O) groups excluding carboxylic acids is 1. The fourth-order valence-corrected chi connectivity index (χ4v) is 6.47. The van der Waals surface area contributed by atoms with Gasteiger partial charge in [0.1, 0.15) is 5.54 Å². The molecule has 4 fully saturated rings. The van der Waals surface area contributed by atoms with E-state index in [0.29, 0.717) is 6.67 Å². The number of hydrogen-bond donors (Lipinski definition) is 1. The van der Waals surface area contributed by atoms with Crippen molar-refractivity contribution >= 4 is 24.0 Å². The van der Waals surface area contributed by atoms with Crippen LogP contribution in [0.4, 0.5) is 5.69 Å². The third kappa shape index (κ3) is 3.43. The van der Waals surface area contributed by atoms with Crippen molar-refractivity contribution in [3.8, 4) is 0 Å². The Bertz CT molecular complexity index is 660. The number of hydrogen-bond acceptors (Lipinski definition) is 3. The number of amides is 1. The Morgan fingerprint density at radius 1 is 0.929 bits per heavy atom. The number of benzene rings is 1. The van der Waals surface area contributed by atoms with Gasteiger partial charge in [-0.05, 0) is 49.7 Å². The molecule has 154 valence electrons. The number of nitrogens with zero attached hydrogens (tertiary/aromatic N) is 2. The van der Waals surface area contributed by atoms with Crippen LogP contribution in [0.25, 0.3) is 0 Å². The summed E-state index contributed by atoms with van der Waals surface area (Å²) >= 11 is 0. The van der Waals surface area contributed by atoms with Crippen LogP contribution in [0, 0.1) is 11.8 Å². The highest BCUT2D eigenvalue weighted by molar-refractivity contribution is 5.93. The Hall–Kier alpha value is -1.26. The summed E-state index contributed by atoms with van der Waals surface area (Å²) in [5, 5.41) is 3.13. The van der Waals surface area contributed by atoms with Gasteiger partial charge in [-0.15, -0.1) is 12.4 Å². The first-order valence-corrected chi connectivity index (χ1v) is 11.1. The molecule has 2 saturated heterocycles. The van der Waals surface area contributed by atoms with Crippen LogP contribution >= 0.6 is 12.4 Å². The second kappa shape index (κ2) is 8.23. The van der Waals surface area contributed by atoms with Crippen molar-refractivity contribution in [3.63, 3.8) is 0 Å². The predicted octanol–water partition coefficient (Wildman–Crippen LogP) is 4.20. The van der Waals surface area contributed by atoms with E-state index >= 15 is 0 Å². The van der Waals surface area contributed by atoms with E-state index in [0.717, 1.165) is 43.8 Å². The number of likely N-dealkylation sites (tertiary alicyclic amines) is 1. The lowest BCUT2D eigenvalue weighted by molar-refractivity contribution is -0.125. The Balaban J connectivity index is 0.00000192. The van der Waals surface area contributed by atoms with Crippen molar-refractivity contribution in [1.29, 1.82) is 0 Å². The lowest BCUT2D eigenvalue weighted by Gasteiger charge is -2.45. The highest BCUT2D eigenvalue weighted by atomic mass is 35.5. The van der Waals surface area contributed by atoms with E-state index in [1.165, 1.54) is 50.6 Å². The van der Waals surface area contributed by atoms with Crippen molar-refractivity contribution in [1.82, 2.24) is 10.2 Å². The number of para-hydroxylation sites is 1. The summed E-state index contributed by atoms with van der Waals surface area (Å²) in [7, 11) is 0. The molecule has 2 aliphatic carbocycles. The molecule has 2 saturated carbocycles. The third-order valence-corrected chi connectivity index (χ3v) is 8.01. The van der Waals surface area contributed by atoms with Gasteiger partial charge in [0.2, 0.25) is 5.91 Å². The molecule has 1 aromatic carbocycles. The Morgan fingerprint density at radius 3 is 2.21 bits per heavy atom. The number of rotatable bonds is 2. The van der Waals surface area contributed by atoms with Gasteiger partial charge < -0.3 is 15.1 Å². The first-order chi connectivity index (χ1) is 13.3. The first-order valence-electron chi connectivity index (χ1n) is 11.1. The summed E-state index contributed by atoms with van der Waals surface area (Å²) in [6.07, 6.45) is 12.0. The van der Waals surface area contributed by atoms with Crippen molar-refractivity contribution in [2.24, 2.45) is 11.8 Å². The summed E-state index contributed by atoms with van der Waals surface area (Å²) in [5.41, 5.74) is 0.841. The molecule has 1 amide bonds. The van der Waals surface area contributed by atoms with Crippen LogP contribution < -0.4 is 10.2 Å². The molecule has 28 heavy (non-hydrogen) atoms. The van der Waals surface area contributed by atoms with Gasteiger partial charge in [0.15, 0.2) is 0 Å². The minimum Gasteiger partial charge on any atom is -0.339 e. The molecule has 2 unspecified atom stereocenters. The molecule has 1 aromatic rings. The van der Waals surface area contributed by atoms with Gasteiger partial charge in [0.05, 0.1) is 6.67 Å². The SMILES string of the molecule is Cl.O=C1NCN(c2ccccc2)C12CCN(C1CC3CCCCCC3C1)CC2. The van der Waals surface area contributed by atoms with Crippen LogP contribution in [0.5, 0.6) is 0 Å². The molecule has 4 nitrogen and oxygen atoms in total. The largest absolute Gasteiger partial charge is 0.339 e. The van der Waals surface area contributed by atoms with E-state index in [9.17, 15) is 4.79 Å². The first kappa shape index (κ1) is 20.0. The molecule has 2 heterocycles. The van der Waals surface area contributed by atoms with Crippen LogP contribution in [0.3, 0.4) is 0 Å². The van der Waals surface area contributed by atoms with Gasteiger partial charge in [-0.2, -0.15) is 0 Å². The van der Waals surface area contributed by atoms with Gasteiger partial charge in [-0.25, -0.2) is 0 Å². The molecule has 0 bridgehead atoms. The molecule has 5 rings (SSSR count). The molecule has 4 aliphatic rings. The van der Waals surface area contributed by atoms with Crippen LogP contribution in [0.2, 0.25) is 0 Å². The maximum atomic E-state index is 12.8. The third-order valence-electron chi connectivity index (χ3n) is 8.01. The smallest absolute Gasteiger partial charge is 0.247 e. The zero-order valence-corrected chi connectivity index (χ0v) is 17.6. The average Bonchev–Trinajstić information content (AvgIpc) is 3.17. The molecule has 2 aliphatic heterocycles. The minimum atomic E-state index is -0.333. The van der Waals surface area contributed by atoms with E-state index in [-0.39, 0.29) is 23.9 Å². The molecule has 0 aromatic heterocycles. The minimum absolute atomic E-state index is 0. The lowest BCUT2D eigenvalue weighted by Crippen LogP contribution is -2.57. The summed E-state index contributed by atoms with van der Waals surface area (Å²) < 4.78 is 0. The standard InChI is InChI=1S/C23H33N3O.ClH/c27-22-23(26(17-24-22)20-9-5-2-6-10-20)11-13-25(14-12-23)21-15-18-7-3-1-4-8-19(18)16-21;/h2,5-6,9-10,18-19,21H,1,3-4,7-8,11-17H2,(H,24,27);1H. The number of carbonyl (C=O) groups is 1. The molecule has 0 radical (unpaired) electrons. The second-order valence-corrected chi connectivity index (χ2v) is 9.28. The highest BCUT2D eigenvalue weighted by Crippen LogP contribution is 2.44. The van der Waals surface area contributed by atoms with Crippen molar-refractivity contribution < 1.29 is 4.79 Å². The predicted molar refractivity (Wildman–Crippen MR) is 116 cm³/mol. The van der Waals surface area contributed by atoms with E-state index in [1.807, 2.05) is 6.07 Å². The highest BCUT2D eigenvalue weighted by Gasteiger charge is 2.51. The average molecular weight is 404 g/mol. The van der Waals surface area contributed by atoms with Crippen LogP contribution in [-0.4, -0.2) is 42.1 Å². The van der Waals surface area contributed by atoms with E-state index in [4.69, 9.17) is 0 Å². The molecule has 2 atom stereocenters. The molecule has 1 spiro atoms. The van der Waals surface area contributed by atoms with Crippen molar-refractivity contribution in [2.75, 3.05) is 24.7 Å². The van der Waals surface area contributed by atoms with Crippen LogP contribution in [0.1, 0.15) is 57.8 Å². The van der Waals surface area contributed by atoms with E-state index < -0.39 is 0 Å². The maximum absolute atomic E-state index is 12.8. The fourth-order valence-electron chi connectivity index (χ4n) is 6.47. The fraction of sp³-hybridized carbons (Fsp3) is 0.696. The monoisotopic (exact) mass is 403 g/mol. The quantitative estimate of drug-likeness (QED) is 0.803. The van der Waals surface area contributed by atoms with E-state index in [2.05, 4.69) is 39.4 Å². The summed E-state index contributed by atoms with van der Waals surface area (Å²) in [6.45, 7) is 2.79. The second-order valence-electron chi connectivity index (χ2n) is 9.28. The van der Waals surface area contributed by atoms with Crippen molar-refractivity contribution in [2.45, 2.75) is 69.4 Å². The number of fused-ring (bicyclic) bond motifs is 1. The van der Waals surface area contributed by atoms with Gasteiger partial charge >= 0.3 is 0 Å². The zero-order valence-electron chi connectivity index (χ0n) is 16.8. The van der Waals surface area contributed by atoms with Gasteiger partial charge in [-0.3, -0.25) is 4.79 Å². The molecular weight excluding hydrogens is 370 g/mol. The number of piperidine rings is 1. The zero-order chi connectivity index (χ0) is 18.3. The molecule has 5 heteroatoms. The number of anilines is 1. The molecule has 1 N–H and O–H groups in total. The van der Waals surface area contributed by atoms with E-state index in [1.54, 1.807) is 0 Å². The van der Waals surface area contributed by atoms with Gasteiger partial charge in [-0.1, -0.05) is 50.3 Å². The Morgan fingerprint density at radius 2 is 1.57 bits per heavy atom. The Labute approximate surface area is 175 Å². The summed E-state index contributed by atoms with van der Waals surface area (Å²) in [6, 6.07) is 11.2. The maximum Gasteiger partial charge on any atom is 0.247 e.